The van der Waals surface area contributed by atoms with Gasteiger partial charge in [0, 0.05) is 7.05 Å². The number of nitrogens with one attached hydrogen (secondary N) is 1. The molecule has 0 atom stereocenters. The fourth-order valence-corrected chi connectivity index (χ4v) is 0.274. The maximum absolute atomic E-state index is 2.91. The molecule has 2 nitrogen and oxygen atoms in total. The van der Waals surface area contributed by atoms with Gasteiger partial charge in [0.25, 0.3) is 0 Å². The lowest BCUT2D eigenvalue weighted by Crippen LogP contribution is -2.22. The van der Waals surface area contributed by atoms with Crippen LogP contribution in [0.3, 0.4) is 0 Å². The van der Waals surface area contributed by atoms with Gasteiger partial charge in [0.2, 0.25) is 0 Å². The Morgan fingerprint density at radius 3 is 2.17 bits per heavy atom. The summed E-state index contributed by atoms with van der Waals surface area (Å²) in [5, 5.41) is 0. The largest absolute Gasteiger partial charge is 0.249 e. The van der Waals surface area contributed by atoms with Crippen LogP contribution in [0.2, 0.25) is 0 Å². The molecule has 0 fully saturated rings. The molecule has 0 rings (SSSR count). The molecule has 6 heavy (non-hydrogen) atoms. The van der Waals surface area contributed by atoms with E-state index >= 15 is 0 Å². The summed E-state index contributed by atoms with van der Waals surface area (Å²) in [6.45, 7) is 0. The van der Waals surface area contributed by atoms with Gasteiger partial charge in [-0.3, -0.25) is 0 Å². The summed E-state index contributed by atoms with van der Waals surface area (Å²) in [5.41, 5.74) is 2.91. The van der Waals surface area contributed by atoms with Gasteiger partial charge in [0.15, 0.2) is 0 Å². The van der Waals surface area contributed by atoms with Crippen molar-refractivity contribution >= 4 is 11.9 Å². The molecule has 0 bridgehead atoms. The molecule has 0 aliphatic carbocycles. The highest BCUT2D eigenvalue weighted by molar-refractivity contribution is 7.96. The van der Waals surface area contributed by atoms with E-state index in [-0.39, 0.29) is 0 Å². The van der Waals surface area contributed by atoms with Crippen molar-refractivity contribution < 1.29 is 0 Å². The van der Waals surface area contributed by atoms with E-state index in [2.05, 4.69) is 5.43 Å². The van der Waals surface area contributed by atoms with Gasteiger partial charge in [-0.1, -0.05) is 11.9 Å². The van der Waals surface area contributed by atoms with Crippen LogP contribution in [0.4, 0.5) is 0 Å². The third-order valence-corrected chi connectivity index (χ3v) is 1.32. The molecular weight excluding hydrogens is 96.1 g/mol. The number of nitrogens with zero attached hydrogens (tertiary/aromatic N) is 1. The number of rotatable bonds is 2. The maximum atomic E-state index is 2.91. The molecular formula is C3H10N2S. The van der Waals surface area contributed by atoms with Crippen molar-refractivity contribution in [3.63, 3.8) is 0 Å². The molecule has 0 aromatic carbocycles. The molecule has 1 N–H and O–H groups in total. The van der Waals surface area contributed by atoms with E-state index in [1.165, 1.54) is 0 Å². The number of hydrogen-bond donors (Lipinski definition) is 1. The predicted molar refractivity (Wildman–Crippen MR) is 30.3 cm³/mol. The molecule has 0 aliphatic rings. The smallest absolute Gasteiger partial charge is 0.0130 e. The summed E-state index contributed by atoms with van der Waals surface area (Å²) in [7, 11) is 3.85. The first-order chi connectivity index (χ1) is 2.81. The lowest BCUT2D eigenvalue weighted by Gasteiger charge is -2.07. The zero-order valence-corrected chi connectivity index (χ0v) is 5.17. The van der Waals surface area contributed by atoms with Crippen LogP contribution in [0.15, 0.2) is 0 Å². The molecule has 0 saturated carbocycles. The zero-order chi connectivity index (χ0) is 4.99. The molecule has 0 amide bonds. The second kappa shape index (κ2) is 3.46. The third-order valence-electron chi connectivity index (χ3n) is 0.589. The first kappa shape index (κ1) is 6.27. The van der Waals surface area contributed by atoms with Crippen molar-refractivity contribution in [2.45, 2.75) is 0 Å². The van der Waals surface area contributed by atoms with Crippen LogP contribution >= 0.6 is 11.9 Å². The van der Waals surface area contributed by atoms with Gasteiger partial charge in [-0.25, -0.2) is 5.43 Å². The van der Waals surface area contributed by atoms with Crippen molar-refractivity contribution in [2.75, 3.05) is 20.4 Å². The lowest BCUT2D eigenvalue weighted by molar-refractivity contribution is 0.466. The SMILES string of the molecule is CNN(C)SC. The zero-order valence-electron chi connectivity index (χ0n) is 4.36. The first-order valence-electron chi connectivity index (χ1n) is 1.76. The Bertz CT molecular complexity index is 28.0. The molecule has 0 spiro atoms. The van der Waals surface area contributed by atoms with Gasteiger partial charge >= 0.3 is 0 Å². The minimum Gasteiger partial charge on any atom is -0.249 e. The Hall–Kier alpha value is 0.270. The van der Waals surface area contributed by atoms with Crippen LogP contribution in [-0.2, 0) is 0 Å². The van der Waals surface area contributed by atoms with E-state index in [4.69, 9.17) is 0 Å². The normalized spacial score (nSPS) is 10.0. The van der Waals surface area contributed by atoms with Crippen molar-refractivity contribution in [1.29, 1.82) is 0 Å². The third kappa shape index (κ3) is 2.50. The molecule has 0 aromatic rings. The average Bonchev–Trinajstić information content (AvgIpc) is 1.65. The standard InChI is InChI=1S/C3H10N2S/c1-4-5(2)6-3/h4H,1-3H3. The molecule has 0 radical (unpaired) electrons. The monoisotopic (exact) mass is 106 g/mol. The van der Waals surface area contributed by atoms with E-state index in [1.54, 1.807) is 11.9 Å². The Kier molecular flexibility index (Phi) is 3.62. The molecule has 3 heteroatoms. The molecule has 0 aromatic heterocycles. The van der Waals surface area contributed by atoms with E-state index in [0.717, 1.165) is 0 Å². The first-order valence-corrected chi connectivity index (χ1v) is 2.94. The second-order valence-corrected chi connectivity index (χ2v) is 1.82. The summed E-state index contributed by atoms with van der Waals surface area (Å²) in [4.78, 5) is 0. The Labute approximate surface area is 43.0 Å². The van der Waals surface area contributed by atoms with Crippen molar-refractivity contribution in [1.82, 2.24) is 9.84 Å². The quantitative estimate of drug-likeness (QED) is 0.403. The Balaban J connectivity index is 2.75. The maximum Gasteiger partial charge on any atom is 0.0130 e. The molecule has 0 aliphatic heterocycles. The van der Waals surface area contributed by atoms with Crippen LogP contribution in [0.25, 0.3) is 0 Å². The molecule has 0 saturated heterocycles. The van der Waals surface area contributed by atoms with Gasteiger partial charge in [-0.2, -0.15) is 4.41 Å². The van der Waals surface area contributed by atoms with Gasteiger partial charge in [-0.05, 0) is 13.3 Å². The summed E-state index contributed by atoms with van der Waals surface area (Å²) in [5.74, 6) is 0. The van der Waals surface area contributed by atoms with E-state index in [1.807, 2.05) is 24.8 Å². The van der Waals surface area contributed by atoms with Crippen molar-refractivity contribution in [2.24, 2.45) is 0 Å². The Morgan fingerprint density at radius 1 is 1.67 bits per heavy atom. The molecule has 0 heterocycles. The highest BCUT2D eigenvalue weighted by atomic mass is 32.2. The lowest BCUT2D eigenvalue weighted by atomic mass is 11.4. The highest BCUT2D eigenvalue weighted by Gasteiger charge is 1.80. The number of hydrogen-bond acceptors (Lipinski definition) is 3. The van der Waals surface area contributed by atoms with Gasteiger partial charge in [0.1, 0.15) is 0 Å². The molecule has 0 unspecified atom stereocenters. The van der Waals surface area contributed by atoms with Gasteiger partial charge < -0.3 is 0 Å². The fourth-order valence-electron chi connectivity index (χ4n) is 0.0913. The fraction of sp³-hybridized carbons (Fsp3) is 1.00. The van der Waals surface area contributed by atoms with Crippen LogP contribution in [-0.4, -0.2) is 24.8 Å². The predicted octanol–water partition coefficient (Wildman–Crippen LogP) is 0.331. The van der Waals surface area contributed by atoms with Crippen LogP contribution in [0.1, 0.15) is 0 Å². The van der Waals surface area contributed by atoms with Gasteiger partial charge in [-0.15, -0.1) is 0 Å². The summed E-state index contributed by atoms with van der Waals surface area (Å²) in [6.07, 6.45) is 2.01. The van der Waals surface area contributed by atoms with Crippen LogP contribution in [0, 0.1) is 0 Å². The van der Waals surface area contributed by atoms with Crippen LogP contribution < -0.4 is 5.43 Å². The highest BCUT2D eigenvalue weighted by Crippen LogP contribution is 1.91. The average molecular weight is 106 g/mol. The summed E-state index contributed by atoms with van der Waals surface area (Å²) in [6, 6.07) is 0. The Morgan fingerprint density at radius 2 is 2.17 bits per heavy atom. The second-order valence-electron chi connectivity index (χ2n) is 0.904. The van der Waals surface area contributed by atoms with Crippen molar-refractivity contribution in [3.8, 4) is 0 Å². The van der Waals surface area contributed by atoms with E-state index in [9.17, 15) is 0 Å². The summed E-state index contributed by atoms with van der Waals surface area (Å²) >= 11 is 1.65. The van der Waals surface area contributed by atoms with E-state index in [0.29, 0.717) is 0 Å². The topological polar surface area (TPSA) is 15.3 Å². The minimum atomic E-state index is 1.65. The molecule has 38 valence electrons. The number of hydrazine groups is 1. The minimum absolute atomic E-state index is 1.65. The summed E-state index contributed by atoms with van der Waals surface area (Å²) < 4.78 is 1.92. The van der Waals surface area contributed by atoms with E-state index < -0.39 is 0 Å². The van der Waals surface area contributed by atoms with Gasteiger partial charge in [0.05, 0.1) is 0 Å². The van der Waals surface area contributed by atoms with Crippen molar-refractivity contribution in [3.05, 3.63) is 0 Å². The van der Waals surface area contributed by atoms with Crippen LogP contribution in [0.5, 0.6) is 0 Å².